The number of aromatic amines is 1. The maximum Gasteiger partial charge on any atom is 0.344 e. The van der Waals surface area contributed by atoms with Crippen LogP contribution in [-0.2, 0) is 11.3 Å². The van der Waals surface area contributed by atoms with Gasteiger partial charge in [-0.1, -0.05) is 0 Å². The Hall–Kier alpha value is -2.09. The molecule has 7 nitrogen and oxygen atoms in total. The van der Waals surface area contributed by atoms with Gasteiger partial charge < -0.3 is 15.8 Å². The Morgan fingerprint density at radius 2 is 2.50 bits per heavy atom. The predicted octanol–water partition coefficient (Wildman–Crippen LogP) is 1.24. The van der Waals surface area contributed by atoms with Gasteiger partial charge in [0.15, 0.2) is 5.82 Å². The Morgan fingerprint density at radius 3 is 3.17 bits per heavy atom. The van der Waals surface area contributed by atoms with Crippen LogP contribution in [0.15, 0.2) is 12.4 Å². The van der Waals surface area contributed by atoms with E-state index in [1.165, 1.54) is 0 Å². The van der Waals surface area contributed by atoms with Crippen molar-refractivity contribution in [3.05, 3.63) is 23.5 Å². The molecule has 96 valence electrons. The lowest BCUT2D eigenvalue weighted by molar-refractivity contribution is 0.0529. The van der Waals surface area contributed by atoms with Gasteiger partial charge in [0.25, 0.3) is 0 Å². The zero-order chi connectivity index (χ0) is 13.0. The van der Waals surface area contributed by atoms with E-state index >= 15 is 0 Å². The Balaban J connectivity index is 2.10. The van der Waals surface area contributed by atoms with Gasteiger partial charge in [-0.3, -0.25) is 5.10 Å². The van der Waals surface area contributed by atoms with Crippen LogP contribution in [0.1, 0.15) is 22.8 Å². The van der Waals surface area contributed by atoms with Crippen LogP contribution >= 0.6 is 11.5 Å². The molecule has 0 saturated carbocycles. The fourth-order valence-electron chi connectivity index (χ4n) is 1.38. The third-order valence-electron chi connectivity index (χ3n) is 2.21. The molecular weight excluding hydrogens is 254 g/mol. The number of aromatic nitrogens is 3. The average Bonchev–Trinajstić information content (AvgIpc) is 2.96. The molecule has 0 bridgehead atoms. The molecule has 4 N–H and O–H groups in total. The standard InChI is InChI=1S/C10H13N5O2S/c1-2-17-10(16)7-8(11)15-18-9(7)12-3-6-4-13-14-5-6/h4-5,12H,2-3H2,1H3,(H2,11,15)(H,13,14). The number of ether oxygens (including phenoxy) is 1. The quantitative estimate of drug-likeness (QED) is 0.704. The van der Waals surface area contributed by atoms with E-state index in [1.807, 2.05) is 0 Å². The minimum Gasteiger partial charge on any atom is -0.462 e. The topological polar surface area (TPSA) is 106 Å². The van der Waals surface area contributed by atoms with Crippen LogP contribution in [0.25, 0.3) is 0 Å². The van der Waals surface area contributed by atoms with Gasteiger partial charge >= 0.3 is 5.97 Å². The molecule has 2 heterocycles. The van der Waals surface area contributed by atoms with Gasteiger partial charge in [0.1, 0.15) is 10.6 Å². The van der Waals surface area contributed by atoms with Crippen LogP contribution in [0.2, 0.25) is 0 Å². The number of hydrogen-bond acceptors (Lipinski definition) is 7. The highest BCUT2D eigenvalue weighted by Crippen LogP contribution is 2.27. The summed E-state index contributed by atoms with van der Waals surface area (Å²) in [4.78, 5) is 11.7. The van der Waals surface area contributed by atoms with Gasteiger partial charge in [0.2, 0.25) is 0 Å². The molecule has 2 aromatic heterocycles. The first-order valence-corrected chi connectivity index (χ1v) is 6.13. The number of nitrogens with zero attached hydrogens (tertiary/aromatic N) is 2. The average molecular weight is 267 g/mol. The Labute approximate surface area is 108 Å². The summed E-state index contributed by atoms with van der Waals surface area (Å²) >= 11 is 1.13. The van der Waals surface area contributed by atoms with E-state index < -0.39 is 5.97 Å². The zero-order valence-corrected chi connectivity index (χ0v) is 10.6. The molecular formula is C10H13N5O2S. The zero-order valence-electron chi connectivity index (χ0n) is 9.77. The third kappa shape index (κ3) is 2.59. The summed E-state index contributed by atoms with van der Waals surface area (Å²) in [5.74, 6) is -0.272. The highest BCUT2D eigenvalue weighted by molar-refractivity contribution is 7.11. The third-order valence-corrected chi connectivity index (χ3v) is 3.02. The minimum absolute atomic E-state index is 0.188. The van der Waals surface area contributed by atoms with Crippen LogP contribution in [0.3, 0.4) is 0 Å². The summed E-state index contributed by atoms with van der Waals surface area (Å²) in [7, 11) is 0. The molecule has 0 amide bonds. The number of hydrogen-bond donors (Lipinski definition) is 3. The summed E-state index contributed by atoms with van der Waals surface area (Å²) in [6.45, 7) is 2.58. The van der Waals surface area contributed by atoms with Crippen molar-refractivity contribution in [1.82, 2.24) is 14.6 Å². The molecule has 0 fully saturated rings. The monoisotopic (exact) mass is 267 g/mol. The summed E-state index contributed by atoms with van der Waals surface area (Å²) in [5.41, 5.74) is 6.93. The Bertz CT molecular complexity index is 522. The van der Waals surface area contributed by atoms with Crippen LogP contribution in [-0.4, -0.2) is 27.1 Å². The van der Waals surface area contributed by atoms with Gasteiger partial charge in [-0.15, -0.1) is 0 Å². The molecule has 2 aromatic rings. The van der Waals surface area contributed by atoms with Crippen molar-refractivity contribution in [1.29, 1.82) is 0 Å². The summed E-state index contributed by atoms with van der Waals surface area (Å²) in [6.07, 6.45) is 3.46. The fourth-order valence-corrected chi connectivity index (χ4v) is 2.08. The van der Waals surface area contributed by atoms with Gasteiger partial charge in [0.05, 0.1) is 12.8 Å². The highest BCUT2D eigenvalue weighted by atomic mass is 32.1. The minimum atomic E-state index is -0.460. The van der Waals surface area contributed by atoms with Crippen molar-refractivity contribution < 1.29 is 9.53 Å². The largest absolute Gasteiger partial charge is 0.462 e. The predicted molar refractivity (Wildman–Crippen MR) is 68.4 cm³/mol. The smallest absolute Gasteiger partial charge is 0.344 e. The molecule has 0 saturated heterocycles. The van der Waals surface area contributed by atoms with E-state index in [0.717, 1.165) is 17.1 Å². The van der Waals surface area contributed by atoms with Gasteiger partial charge in [0, 0.05) is 18.3 Å². The number of nitrogen functional groups attached to an aromatic ring is 1. The van der Waals surface area contributed by atoms with Gasteiger partial charge in [-0.2, -0.15) is 9.47 Å². The molecule has 0 unspecified atom stereocenters. The van der Waals surface area contributed by atoms with E-state index in [4.69, 9.17) is 10.5 Å². The van der Waals surface area contributed by atoms with Crippen molar-refractivity contribution in [2.24, 2.45) is 0 Å². The molecule has 0 aliphatic heterocycles. The number of H-pyrrole nitrogens is 1. The van der Waals surface area contributed by atoms with E-state index in [0.29, 0.717) is 23.7 Å². The Kier molecular flexibility index (Phi) is 3.78. The number of esters is 1. The lowest BCUT2D eigenvalue weighted by atomic mass is 10.3. The number of rotatable bonds is 5. The van der Waals surface area contributed by atoms with E-state index in [1.54, 1.807) is 19.3 Å². The molecule has 0 aliphatic rings. The maximum atomic E-state index is 11.7. The number of nitrogens with one attached hydrogen (secondary N) is 2. The number of nitrogens with two attached hydrogens (primary N) is 1. The first-order chi connectivity index (χ1) is 8.72. The summed E-state index contributed by atoms with van der Waals surface area (Å²) < 4.78 is 8.89. The number of carbonyl (C=O) groups is 1. The van der Waals surface area contributed by atoms with Crippen molar-refractivity contribution >= 4 is 28.3 Å². The molecule has 18 heavy (non-hydrogen) atoms. The number of anilines is 2. The molecule has 2 rings (SSSR count). The lowest BCUT2D eigenvalue weighted by Gasteiger charge is -2.05. The molecule has 0 aromatic carbocycles. The van der Waals surface area contributed by atoms with E-state index in [2.05, 4.69) is 19.9 Å². The van der Waals surface area contributed by atoms with Crippen LogP contribution in [0, 0.1) is 0 Å². The summed E-state index contributed by atoms with van der Waals surface area (Å²) in [5, 5.41) is 10.2. The second kappa shape index (κ2) is 5.50. The van der Waals surface area contributed by atoms with Gasteiger partial charge in [-0.25, -0.2) is 4.79 Å². The highest BCUT2D eigenvalue weighted by Gasteiger charge is 2.20. The Morgan fingerprint density at radius 1 is 1.67 bits per heavy atom. The fraction of sp³-hybridized carbons (Fsp3) is 0.300. The second-order valence-corrected chi connectivity index (χ2v) is 4.23. The van der Waals surface area contributed by atoms with Gasteiger partial charge in [-0.05, 0) is 18.5 Å². The molecule has 8 heteroatoms. The first kappa shape index (κ1) is 12.4. The van der Waals surface area contributed by atoms with Crippen LogP contribution < -0.4 is 11.1 Å². The molecule has 0 radical (unpaired) electrons. The van der Waals surface area contributed by atoms with Crippen LogP contribution in [0.4, 0.5) is 10.8 Å². The van der Waals surface area contributed by atoms with Crippen molar-refractivity contribution in [3.63, 3.8) is 0 Å². The SMILES string of the molecule is CCOC(=O)c1c(N)nsc1NCc1cn[nH]c1. The van der Waals surface area contributed by atoms with Crippen molar-refractivity contribution in [2.45, 2.75) is 13.5 Å². The second-order valence-electron chi connectivity index (χ2n) is 3.45. The molecule has 0 aliphatic carbocycles. The van der Waals surface area contributed by atoms with E-state index in [9.17, 15) is 4.79 Å². The normalized spacial score (nSPS) is 10.3. The maximum absolute atomic E-state index is 11.7. The van der Waals surface area contributed by atoms with Crippen LogP contribution in [0.5, 0.6) is 0 Å². The number of carbonyl (C=O) groups excluding carboxylic acids is 1. The van der Waals surface area contributed by atoms with Crippen molar-refractivity contribution in [2.75, 3.05) is 17.7 Å². The summed E-state index contributed by atoms with van der Waals surface area (Å²) in [6, 6.07) is 0. The molecule has 0 spiro atoms. The van der Waals surface area contributed by atoms with Crippen molar-refractivity contribution in [3.8, 4) is 0 Å². The molecule has 0 atom stereocenters. The first-order valence-electron chi connectivity index (χ1n) is 5.36. The lowest BCUT2D eigenvalue weighted by Crippen LogP contribution is -2.09. The van der Waals surface area contributed by atoms with E-state index in [-0.39, 0.29) is 5.82 Å².